The highest BCUT2D eigenvalue weighted by Gasteiger charge is 2.17. The van der Waals surface area contributed by atoms with Gasteiger partial charge in [-0.05, 0) is 25.1 Å². The number of hydrogen-bond donors (Lipinski definition) is 1. The molecule has 114 valence electrons. The van der Waals surface area contributed by atoms with Crippen molar-refractivity contribution in [1.82, 2.24) is 10.3 Å². The molecule has 1 fully saturated rings. The maximum absolute atomic E-state index is 5.29. The Morgan fingerprint density at radius 2 is 2.25 bits per heavy atom. The van der Waals surface area contributed by atoms with E-state index in [9.17, 15) is 0 Å². The summed E-state index contributed by atoms with van der Waals surface area (Å²) >= 11 is 3.88. The molecule has 4 nitrogen and oxygen atoms in total. The SMILES string of the molecule is CCCNCc1sc(N2CCCSCC2)nc1COC. The Morgan fingerprint density at radius 3 is 3.05 bits per heavy atom. The van der Waals surface area contributed by atoms with E-state index in [0.717, 1.165) is 38.3 Å². The molecule has 1 saturated heterocycles. The van der Waals surface area contributed by atoms with Crippen molar-refractivity contribution < 1.29 is 4.74 Å². The Bertz CT molecular complexity index is 390. The van der Waals surface area contributed by atoms with Crippen molar-refractivity contribution in [1.29, 1.82) is 0 Å². The first kappa shape index (κ1) is 16.1. The highest BCUT2D eigenvalue weighted by atomic mass is 32.2. The minimum Gasteiger partial charge on any atom is -0.378 e. The molecule has 1 aliphatic rings. The van der Waals surface area contributed by atoms with Crippen LogP contribution in [0.5, 0.6) is 0 Å². The number of rotatable bonds is 7. The number of hydrogen-bond acceptors (Lipinski definition) is 6. The third kappa shape index (κ3) is 4.62. The van der Waals surface area contributed by atoms with Crippen LogP contribution in [0.2, 0.25) is 0 Å². The van der Waals surface area contributed by atoms with Gasteiger partial charge in [0.05, 0.1) is 12.3 Å². The van der Waals surface area contributed by atoms with Gasteiger partial charge in [-0.1, -0.05) is 6.92 Å². The first-order chi connectivity index (χ1) is 9.85. The number of ether oxygens (including phenoxy) is 1. The molecule has 1 aromatic rings. The van der Waals surface area contributed by atoms with Crippen LogP contribution >= 0.6 is 23.1 Å². The summed E-state index contributed by atoms with van der Waals surface area (Å²) in [6, 6.07) is 0. The monoisotopic (exact) mass is 315 g/mol. The topological polar surface area (TPSA) is 37.4 Å². The van der Waals surface area contributed by atoms with Crippen molar-refractivity contribution in [3.05, 3.63) is 10.6 Å². The second-order valence-corrected chi connectivity index (χ2v) is 7.22. The summed E-state index contributed by atoms with van der Waals surface area (Å²) < 4.78 is 5.29. The Balaban J connectivity index is 2.05. The molecule has 1 N–H and O–H groups in total. The lowest BCUT2D eigenvalue weighted by atomic mass is 10.3. The Morgan fingerprint density at radius 1 is 1.35 bits per heavy atom. The van der Waals surface area contributed by atoms with Gasteiger partial charge >= 0.3 is 0 Å². The second-order valence-electron chi connectivity index (χ2n) is 4.93. The quantitative estimate of drug-likeness (QED) is 0.783. The maximum atomic E-state index is 5.29. The summed E-state index contributed by atoms with van der Waals surface area (Å²) in [6.07, 6.45) is 2.42. The average molecular weight is 316 g/mol. The molecule has 0 amide bonds. The molecule has 0 saturated carbocycles. The third-order valence-electron chi connectivity index (χ3n) is 3.25. The predicted octanol–water partition coefficient (Wildman–Crippen LogP) is 2.73. The van der Waals surface area contributed by atoms with Crippen LogP contribution in [0.3, 0.4) is 0 Å². The largest absolute Gasteiger partial charge is 0.378 e. The molecule has 20 heavy (non-hydrogen) atoms. The van der Waals surface area contributed by atoms with E-state index in [1.54, 1.807) is 7.11 Å². The van der Waals surface area contributed by atoms with Crippen LogP contribution in [0.25, 0.3) is 0 Å². The molecule has 2 rings (SSSR count). The minimum absolute atomic E-state index is 0.613. The minimum atomic E-state index is 0.613. The molecule has 0 aliphatic carbocycles. The molecule has 0 aromatic carbocycles. The van der Waals surface area contributed by atoms with Crippen molar-refractivity contribution in [3.8, 4) is 0 Å². The number of thiazole rings is 1. The van der Waals surface area contributed by atoms with Crippen LogP contribution < -0.4 is 10.2 Å². The van der Waals surface area contributed by atoms with Gasteiger partial charge in [-0.2, -0.15) is 11.8 Å². The van der Waals surface area contributed by atoms with Gasteiger partial charge in [0.25, 0.3) is 0 Å². The van der Waals surface area contributed by atoms with Crippen LogP contribution in [-0.4, -0.2) is 43.2 Å². The normalized spacial score (nSPS) is 16.4. The average Bonchev–Trinajstić information content (AvgIpc) is 2.68. The Hall–Kier alpha value is -0.300. The Labute approximate surface area is 130 Å². The van der Waals surface area contributed by atoms with Gasteiger partial charge in [0.15, 0.2) is 5.13 Å². The van der Waals surface area contributed by atoms with Gasteiger partial charge in [-0.3, -0.25) is 0 Å². The molecule has 0 bridgehead atoms. The fourth-order valence-corrected chi connectivity index (χ4v) is 4.18. The van der Waals surface area contributed by atoms with Gasteiger partial charge < -0.3 is 15.0 Å². The van der Waals surface area contributed by atoms with E-state index in [1.165, 1.54) is 27.9 Å². The molecule has 2 heterocycles. The molecule has 0 unspecified atom stereocenters. The van der Waals surface area contributed by atoms with Crippen LogP contribution in [0.15, 0.2) is 0 Å². The lowest BCUT2D eigenvalue weighted by Crippen LogP contribution is -2.25. The van der Waals surface area contributed by atoms with Gasteiger partial charge in [0.1, 0.15) is 0 Å². The molecule has 6 heteroatoms. The van der Waals surface area contributed by atoms with Crippen LogP contribution in [0.1, 0.15) is 30.3 Å². The maximum Gasteiger partial charge on any atom is 0.185 e. The second kappa shape index (κ2) is 8.87. The standard InChI is InChI=1S/C14H25N3OS2/c1-3-5-15-10-13-12(11-18-2)16-14(20-13)17-6-4-8-19-9-7-17/h15H,3-11H2,1-2H3. The molecule has 0 atom stereocenters. The van der Waals surface area contributed by atoms with E-state index in [4.69, 9.17) is 9.72 Å². The molecular weight excluding hydrogens is 290 g/mol. The summed E-state index contributed by atoms with van der Waals surface area (Å²) in [5.41, 5.74) is 1.10. The number of methoxy groups -OCH3 is 1. The van der Waals surface area contributed by atoms with Gasteiger partial charge in [0, 0.05) is 37.4 Å². The molecule has 1 aromatic heterocycles. The Kier molecular flexibility index (Phi) is 7.13. The zero-order chi connectivity index (χ0) is 14.2. The molecule has 1 aliphatic heterocycles. The van der Waals surface area contributed by atoms with E-state index < -0.39 is 0 Å². The summed E-state index contributed by atoms with van der Waals surface area (Å²) in [6.45, 7) is 7.02. The van der Waals surface area contributed by atoms with Crippen molar-refractivity contribution >= 4 is 28.2 Å². The third-order valence-corrected chi connectivity index (χ3v) is 5.46. The summed E-state index contributed by atoms with van der Waals surface area (Å²) in [7, 11) is 1.74. The highest BCUT2D eigenvalue weighted by Crippen LogP contribution is 2.28. The number of anilines is 1. The summed E-state index contributed by atoms with van der Waals surface area (Å²) in [4.78, 5) is 8.58. The van der Waals surface area contributed by atoms with E-state index >= 15 is 0 Å². The van der Waals surface area contributed by atoms with E-state index in [1.807, 2.05) is 11.3 Å². The van der Waals surface area contributed by atoms with Crippen molar-refractivity contribution in [2.45, 2.75) is 32.9 Å². The van der Waals surface area contributed by atoms with Crippen LogP contribution in [0.4, 0.5) is 5.13 Å². The molecular formula is C14H25N3OS2. The number of aromatic nitrogens is 1. The zero-order valence-electron chi connectivity index (χ0n) is 12.5. The van der Waals surface area contributed by atoms with E-state index in [-0.39, 0.29) is 0 Å². The van der Waals surface area contributed by atoms with E-state index in [0.29, 0.717) is 6.61 Å². The fraction of sp³-hybridized carbons (Fsp3) is 0.786. The first-order valence-corrected chi connectivity index (χ1v) is 9.33. The van der Waals surface area contributed by atoms with Gasteiger partial charge in [0.2, 0.25) is 0 Å². The van der Waals surface area contributed by atoms with Crippen molar-refractivity contribution in [3.63, 3.8) is 0 Å². The molecule has 0 spiro atoms. The van der Waals surface area contributed by atoms with Crippen LogP contribution in [-0.2, 0) is 17.9 Å². The van der Waals surface area contributed by atoms with E-state index in [2.05, 4.69) is 28.9 Å². The summed E-state index contributed by atoms with van der Waals surface area (Å²) in [5, 5.41) is 4.64. The lowest BCUT2D eigenvalue weighted by molar-refractivity contribution is 0.181. The van der Waals surface area contributed by atoms with Gasteiger partial charge in [-0.15, -0.1) is 11.3 Å². The van der Waals surface area contributed by atoms with Gasteiger partial charge in [-0.25, -0.2) is 4.98 Å². The highest BCUT2D eigenvalue weighted by molar-refractivity contribution is 7.99. The van der Waals surface area contributed by atoms with Crippen molar-refractivity contribution in [2.75, 3.05) is 43.1 Å². The number of thioether (sulfide) groups is 1. The fourth-order valence-electron chi connectivity index (χ4n) is 2.21. The first-order valence-electron chi connectivity index (χ1n) is 7.36. The number of nitrogens with zero attached hydrogens (tertiary/aromatic N) is 2. The van der Waals surface area contributed by atoms with Crippen molar-refractivity contribution in [2.24, 2.45) is 0 Å². The predicted molar refractivity (Wildman–Crippen MR) is 89.0 cm³/mol. The van der Waals surface area contributed by atoms with Crippen LogP contribution in [0, 0.1) is 0 Å². The lowest BCUT2D eigenvalue weighted by Gasteiger charge is -2.18. The number of nitrogens with one attached hydrogen (secondary N) is 1. The smallest absolute Gasteiger partial charge is 0.185 e. The zero-order valence-corrected chi connectivity index (χ0v) is 14.1. The summed E-state index contributed by atoms with van der Waals surface area (Å²) in [5.74, 6) is 2.49. The molecule has 0 radical (unpaired) electrons.